The van der Waals surface area contributed by atoms with Gasteiger partial charge in [0.2, 0.25) is 5.88 Å². The number of aromatic nitrogens is 1. The summed E-state index contributed by atoms with van der Waals surface area (Å²) in [7, 11) is 1.56. The number of nitrogen functional groups attached to an aromatic ring is 1. The third-order valence-corrected chi connectivity index (χ3v) is 3.51. The van der Waals surface area contributed by atoms with E-state index in [0.717, 1.165) is 25.7 Å². The van der Waals surface area contributed by atoms with E-state index in [4.69, 9.17) is 15.6 Å². The van der Waals surface area contributed by atoms with Crippen molar-refractivity contribution < 1.29 is 14.6 Å². The number of nitrogens with one attached hydrogen (secondary N) is 2. The summed E-state index contributed by atoms with van der Waals surface area (Å²) < 4.78 is 5.08. The third-order valence-electron chi connectivity index (χ3n) is 3.51. The Hall–Kier alpha value is -2.18. The lowest BCUT2D eigenvalue weighted by molar-refractivity contribution is 0.185. The van der Waals surface area contributed by atoms with Crippen molar-refractivity contribution in [2.45, 2.75) is 37.8 Å². The quantitative estimate of drug-likeness (QED) is 0.668. The highest BCUT2D eigenvalue weighted by Crippen LogP contribution is 2.25. The second-order valence-electron chi connectivity index (χ2n) is 4.93. The number of carbonyl (C=O) groups is 1. The molecule has 0 bridgehead atoms. The van der Waals surface area contributed by atoms with Crippen molar-refractivity contribution in [3.8, 4) is 5.88 Å². The first kappa shape index (κ1) is 14.2. The van der Waals surface area contributed by atoms with Crippen molar-refractivity contribution in [2.24, 2.45) is 0 Å². The molecule has 0 aromatic carbocycles. The summed E-state index contributed by atoms with van der Waals surface area (Å²) in [5.74, 6) is 1.14. The van der Waals surface area contributed by atoms with Crippen LogP contribution >= 0.6 is 0 Å². The Balaban J connectivity index is 1.90. The zero-order chi connectivity index (χ0) is 14.5. The van der Waals surface area contributed by atoms with Crippen molar-refractivity contribution in [2.75, 3.05) is 18.2 Å². The molecule has 1 aliphatic carbocycles. The van der Waals surface area contributed by atoms with Gasteiger partial charge in [-0.2, -0.15) is 4.98 Å². The molecule has 1 heterocycles. The molecule has 5 N–H and O–H groups in total. The van der Waals surface area contributed by atoms with Gasteiger partial charge in [0.25, 0.3) is 0 Å². The van der Waals surface area contributed by atoms with Crippen LogP contribution in [0.4, 0.5) is 16.3 Å². The maximum atomic E-state index is 10.6. The Morgan fingerprint density at radius 3 is 2.60 bits per heavy atom. The number of pyridine rings is 1. The van der Waals surface area contributed by atoms with Crippen LogP contribution in [0, 0.1) is 0 Å². The van der Waals surface area contributed by atoms with Gasteiger partial charge in [0.15, 0.2) is 5.82 Å². The van der Waals surface area contributed by atoms with E-state index >= 15 is 0 Å². The standard InChI is InChI=1S/C13H20N4O3/c1-20-11-7-6-10(14)12(17-11)15-8-2-4-9(5-3-8)16-13(18)19/h6-9,16H,2-5,14H2,1H3,(H,15,17)(H,18,19)/t8-,9-. The predicted molar refractivity (Wildman–Crippen MR) is 76.0 cm³/mol. The molecule has 7 heteroatoms. The largest absolute Gasteiger partial charge is 0.481 e. The zero-order valence-corrected chi connectivity index (χ0v) is 11.4. The number of ether oxygens (including phenoxy) is 1. The van der Waals surface area contributed by atoms with Gasteiger partial charge in [-0.3, -0.25) is 0 Å². The number of methoxy groups -OCH3 is 1. The van der Waals surface area contributed by atoms with Gasteiger partial charge >= 0.3 is 6.09 Å². The fraction of sp³-hybridized carbons (Fsp3) is 0.538. The van der Waals surface area contributed by atoms with Crippen molar-refractivity contribution >= 4 is 17.6 Å². The van der Waals surface area contributed by atoms with Crippen LogP contribution in [-0.4, -0.2) is 35.4 Å². The molecule has 0 saturated heterocycles. The summed E-state index contributed by atoms with van der Waals surface area (Å²) >= 11 is 0. The minimum absolute atomic E-state index is 0.0427. The SMILES string of the molecule is COc1ccc(N)c(N[C@H]2CC[C@H](NC(=O)O)CC2)n1. The van der Waals surface area contributed by atoms with Gasteiger partial charge in [0.1, 0.15) is 0 Å². The van der Waals surface area contributed by atoms with Gasteiger partial charge in [0, 0.05) is 18.2 Å². The summed E-state index contributed by atoms with van der Waals surface area (Å²) in [5.41, 5.74) is 6.46. The second kappa shape index (κ2) is 6.31. The lowest BCUT2D eigenvalue weighted by Gasteiger charge is -2.29. The number of rotatable bonds is 4. The van der Waals surface area contributed by atoms with E-state index in [-0.39, 0.29) is 12.1 Å². The number of nitrogens with two attached hydrogens (primary N) is 1. The lowest BCUT2D eigenvalue weighted by Crippen LogP contribution is -2.39. The molecule has 0 radical (unpaired) electrons. The number of anilines is 2. The second-order valence-corrected chi connectivity index (χ2v) is 4.93. The topological polar surface area (TPSA) is 110 Å². The maximum absolute atomic E-state index is 10.6. The van der Waals surface area contributed by atoms with Crippen LogP contribution in [0.3, 0.4) is 0 Å². The van der Waals surface area contributed by atoms with E-state index < -0.39 is 6.09 Å². The van der Waals surface area contributed by atoms with Crippen molar-refractivity contribution in [3.05, 3.63) is 12.1 Å². The normalized spacial score (nSPS) is 22.1. The number of nitrogens with zero attached hydrogens (tertiary/aromatic N) is 1. The first-order chi connectivity index (χ1) is 9.58. The number of hydrogen-bond acceptors (Lipinski definition) is 5. The molecule has 1 amide bonds. The van der Waals surface area contributed by atoms with Crippen molar-refractivity contribution in [3.63, 3.8) is 0 Å². The molecule has 1 aromatic rings. The van der Waals surface area contributed by atoms with E-state index in [2.05, 4.69) is 15.6 Å². The van der Waals surface area contributed by atoms with Gasteiger partial charge in [0.05, 0.1) is 12.8 Å². The van der Waals surface area contributed by atoms with Gasteiger partial charge in [-0.05, 0) is 31.7 Å². The molecule has 0 spiro atoms. The average molecular weight is 280 g/mol. The molecule has 0 aliphatic heterocycles. The molecule has 0 unspecified atom stereocenters. The molecule has 110 valence electrons. The summed E-state index contributed by atoms with van der Waals surface area (Å²) in [5, 5.41) is 14.5. The van der Waals surface area contributed by atoms with Crippen molar-refractivity contribution in [1.29, 1.82) is 0 Å². The Morgan fingerprint density at radius 2 is 2.00 bits per heavy atom. The lowest BCUT2D eigenvalue weighted by atomic mass is 9.91. The molecule has 0 atom stereocenters. The Morgan fingerprint density at radius 1 is 1.35 bits per heavy atom. The molecule has 1 aliphatic rings. The van der Waals surface area contributed by atoms with Crippen LogP contribution in [0.25, 0.3) is 0 Å². The Labute approximate surface area is 117 Å². The molecule has 1 fully saturated rings. The van der Waals surface area contributed by atoms with E-state index in [1.807, 2.05) is 0 Å². The smallest absolute Gasteiger partial charge is 0.404 e. The van der Waals surface area contributed by atoms with Crippen LogP contribution in [0.2, 0.25) is 0 Å². The third kappa shape index (κ3) is 3.66. The Bertz CT molecular complexity index is 473. The fourth-order valence-corrected chi connectivity index (χ4v) is 2.43. The van der Waals surface area contributed by atoms with Gasteiger partial charge < -0.3 is 26.2 Å². The number of hydrogen-bond donors (Lipinski definition) is 4. The number of amides is 1. The van der Waals surface area contributed by atoms with Crippen LogP contribution in [0.5, 0.6) is 5.88 Å². The molecule has 7 nitrogen and oxygen atoms in total. The fourth-order valence-electron chi connectivity index (χ4n) is 2.43. The highest BCUT2D eigenvalue weighted by Gasteiger charge is 2.22. The summed E-state index contributed by atoms with van der Waals surface area (Å²) in [4.78, 5) is 14.9. The molecule has 2 rings (SSSR count). The summed E-state index contributed by atoms with van der Waals surface area (Å²) in [6.45, 7) is 0. The molecular formula is C13H20N4O3. The summed E-state index contributed by atoms with van der Waals surface area (Å²) in [6, 6.07) is 3.77. The van der Waals surface area contributed by atoms with E-state index in [1.54, 1.807) is 19.2 Å². The summed E-state index contributed by atoms with van der Waals surface area (Å²) in [6.07, 6.45) is 2.42. The maximum Gasteiger partial charge on any atom is 0.404 e. The predicted octanol–water partition coefficient (Wildman–Crippen LogP) is 1.66. The van der Waals surface area contributed by atoms with Crippen LogP contribution in [0.1, 0.15) is 25.7 Å². The highest BCUT2D eigenvalue weighted by atomic mass is 16.5. The van der Waals surface area contributed by atoms with Crippen LogP contribution in [0.15, 0.2) is 12.1 Å². The Kier molecular flexibility index (Phi) is 4.49. The van der Waals surface area contributed by atoms with Crippen LogP contribution in [-0.2, 0) is 0 Å². The van der Waals surface area contributed by atoms with Gasteiger partial charge in [-0.25, -0.2) is 4.79 Å². The first-order valence-corrected chi connectivity index (χ1v) is 6.65. The van der Waals surface area contributed by atoms with Gasteiger partial charge in [-0.1, -0.05) is 0 Å². The van der Waals surface area contributed by atoms with E-state index in [1.165, 1.54) is 0 Å². The average Bonchev–Trinajstić information content (AvgIpc) is 2.43. The highest BCUT2D eigenvalue weighted by molar-refractivity contribution is 5.65. The minimum Gasteiger partial charge on any atom is -0.481 e. The van der Waals surface area contributed by atoms with Gasteiger partial charge in [-0.15, -0.1) is 0 Å². The monoisotopic (exact) mass is 280 g/mol. The first-order valence-electron chi connectivity index (χ1n) is 6.65. The molecule has 1 saturated carbocycles. The van der Waals surface area contributed by atoms with Crippen molar-refractivity contribution in [1.82, 2.24) is 10.3 Å². The minimum atomic E-state index is -0.958. The van der Waals surface area contributed by atoms with E-state index in [9.17, 15) is 4.79 Å². The zero-order valence-electron chi connectivity index (χ0n) is 11.4. The molecule has 20 heavy (non-hydrogen) atoms. The molecular weight excluding hydrogens is 260 g/mol. The van der Waals surface area contributed by atoms with E-state index in [0.29, 0.717) is 17.4 Å². The van der Waals surface area contributed by atoms with Crippen LogP contribution < -0.4 is 21.1 Å². The molecule has 1 aromatic heterocycles. The number of carboxylic acid groups (broad SMARTS) is 1.